The monoisotopic (exact) mass is 481 g/mol. The molecule has 4 heterocycles. The highest BCUT2D eigenvalue weighted by molar-refractivity contribution is 7.99. The van der Waals surface area contributed by atoms with E-state index < -0.39 is 0 Å². The van der Waals surface area contributed by atoms with Gasteiger partial charge in [-0.25, -0.2) is 0 Å². The summed E-state index contributed by atoms with van der Waals surface area (Å²) in [5.74, 6) is 1.78. The molecule has 178 valence electrons. The summed E-state index contributed by atoms with van der Waals surface area (Å²) in [5, 5.41) is 7.99. The van der Waals surface area contributed by atoms with Crippen molar-refractivity contribution in [1.29, 1.82) is 0 Å². The average Bonchev–Trinajstić information content (AvgIpc) is 3.13. The van der Waals surface area contributed by atoms with E-state index >= 15 is 0 Å². The van der Waals surface area contributed by atoms with E-state index in [9.17, 15) is 14.4 Å². The van der Waals surface area contributed by atoms with E-state index in [1.807, 2.05) is 41.8 Å². The van der Waals surface area contributed by atoms with Gasteiger partial charge in [0.2, 0.25) is 0 Å². The largest absolute Gasteiger partial charge is 0.496 e. The minimum Gasteiger partial charge on any atom is -0.496 e. The molecule has 1 saturated heterocycles. The first-order chi connectivity index (χ1) is 16.5. The molecular weight excluding hydrogens is 454 g/mol. The highest BCUT2D eigenvalue weighted by atomic mass is 32.2. The Morgan fingerprint density at radius 2 is 1.79 bits per heavy atom. The number of hydrogen-bond donors (Lipinski definition) is 1. The van der Waals surface area contributed by atoms with Gasteiger partial charge in [-0.1, -0.05) is 11.6 Å². The quantitative estimate of drug-likeness (QED) is 0.614. The lowest BCUT2D eigenvalue weighted by Crippen LogP contribution is -2.39. The predicted octanol–water partition coefficient (Wildman–Crippen LogP) is 1.93. The first kappa shape index (κ1) is 22.5. The van der Waals surface area contributed by atoms with E-state index in [0.717, 1.165) is 28.0 Å². The number of nitrogens with one attached hydrogen (secondary N) is 1. The summed E-state index contributed by atoms with van der Waals surface area (Å²) >= 11 is 1.83. The number of pyridine rings is 1. The fourth-order valence-electron chi connectivity index (χ4n) is 4.71. The first-order valence-electron chi connectivity index (χ1n) is 11.4. The first-order valence-corrected chi connectivity index (χ1v) is 12.5. The van der Waals surface area contributed by atoms with E-state index in [1.54, 1.807) is 9.47 Å². The second kappa shape index (κ2) is 9.17. The molecular formula is C24H27N5O4S. The molecule has 0 saturated carbocycles. The van der Waals surface area contributed by atoms with Crippen LogP contribution in [0, 0.1) is 6.92 Å². The third-order valence-corrected chi connectivity index (χ3v) is 7.48. The smallest absolute Gasteiger partial charge is 0.275 e. The highest BCUT2D eigenvalue weighted by Crippen LogP contribution is 2.26. The number of carbonyl (C=O) groups is 2. The lowest BCUT2D eigenvalue weighted by Gasteiger charge is -2.28. The molecule has 3 aromatic rings. The minimum atomic E-state index is -0.229. The van der Waals surface area contributed by atoms with Crippen molar-refractivity contribution >= 4 is 34.5 Å². The van der Waals surface area contributed by atoms with Gasteiger partial charge in [0.25, 0.3) is 17.4 Å². The Bertz CT molecular complexity index is 1320. The molecule has 1 aromatic carbocycles. The molecule has 1 fully saturated rings. The standard InChI is InChI=1S/C24H27N5O4S/c1-15-3-4-17-16(13-15)22(26-25-17)24(32)27-6-5-18-21(23(31)28-9-11-34-12-10-28)19(33-2)14-20(30)29(18)8-7-27/h3-4,13-14H,5-12H2,1-2H3,(H,25,26). The maximum Gasteiger partial charge on any atom is 0.275 e. The Labute approximate surface area is 201 Å². The number of ether oxygens (including phenoxy) is 1. The predicted molar refractivity (Wildman–Crippen MR) is 131 cm³/mol. The van der Waals surface area contributed by atoms with Crippen molar-refractivity contribution in [2.24, 2.45) is 0 Å². The van der Waals surface area contributed by atoms with Gasteiger partial charge in [-0.15, -0.1) is 0 Å². The topological polar surface area (TPSA) is 101 Å². The number of benzene rings is 1. The molecule has 2 aromatic heterocycles. The number of aryl methyl sites for hydroxylation is 1. The zero-order valence-electron chi connectivity index (χ0n) is 19.3. The Balaban J connectivity index is 1.48. The molecule has 0 atom stereocenters. The van der Waals surface area contributed by atoms with Gasteiger partial charge < -0.3 is 19.1 Å². The molecule has 5 rings (SSSR count). The van der Waals surface area contributed by atoms with Gasteiger partial charge >= 0.3 is 0 Å². The highest BCUT2D eigenvalue weighted by Gasteiger charge is 2.30. The van der Waals surface area contributed by atoms with Crippen molar-refractivity contribution in [3.63, 3.8) is 0 Å². The summed E-state index contributed by atoms with van der Waals surface area (Å²) in [7, 11) is 1.48. The molecule has 0 bridgehead atoms. The van der Waals surface area contributed by atoms with Crippen LogP contribution in [0.1, 0.15) is 32.1 Å². The molecule has 10 heteroatoms. The van der Waals surface area contributed by atoms with Crippen LogP contribution in [0.3, 0.4) is 0 Å². The third kappa shape index (κ3) is 3.96. The Morgan fingerprint density at radius 1 is 1.03 bits per heavy atom. The molecule has 0 aliphatic carbocycles. The fourth-order valence-corrected chi connectivity index (χ4v) is 5.61. The third-order valence-electron chi connectivity index (χ3n) is 6.53. The number of fused-ring (bicyclic) bond motifs is 2. The Hall–Kier alpha value is -3.27. The maximum atomic E-state index is 13.5. The number of hydrogen-bond acceptors (Lipinski definition) is 6. The Morgan fingerprint density at radius 3 is 2.56 bits per heavy atom. The van der Waals surface area contributed by atoms with Crippen molar-refractivity contribution in [2.75, 3.05) is 44.8 Å². The normalized spacial score (nSPS) is 16.3. The second-order valence-electron chi connectivity index (χ2n) is 8.59. The van der Waals surface area contributed by atoms with Crippen LogP contribution in [-0.4, -0.2) is 81.2 Å². The molecule has 1 N–H and O–H groups in total. The van der Waals surface area contributed by atoms with Crippen LogP contribution in [-0.2, 0) is 13.0 Å². The van der Waals surface area contributed by atoms with Crippen LogP contribution >= 0.6 is 11.8 Å². The van der Waals surface area contributed by atoms with Crippen LogP contribution in [0.25, 0.3) is 10.9 Å². The summed E-state index contributed by atoms with van der Waals surface area (Å²) < 4.78 is 7.10. The van der Waals surface area contributed by atoms with E-state index in [0.29, 0.717) is 61.8 Å². The van der Waals surface area contributed by atoms with Crippen molar-refractivity contribution in [3.8, 4) is 5.75 Å². The van der Waals surface area contributed by atoms with Crippen molar-refractivity contribution in [1.82, 2.24) is 24.6 Å². The molecule has 0 radical (unpaired) electrons. The van der Waals surface area contributed by atoms with Crippen molar-refractivity contribution in [2.45, 2.75) is 19.9 Å². The molecule has 0 spiro atoms. The van der Waals surface area contributed by atoms with Gasteiger partial charge in [0, 0.05) is 67.8 Å². The second-order valence-corrected chi connectivity index (χ2v) is 9.82. The lowest BCUT2D eigenvalue weighted by atomic mass is 10.1. The SMILES string of the molecule is COc1cc(=O)n2c(c1C(=O)N1CCSCC1)CCN(C(=O)c1n[nH]c3ccc(C)cc13)CC2. The Kier molecular flexibility index (Phi) is 6.07. The van der Waals surface area contributed by atoms with E-state index in [4.69, 9.17) is 4.74 Å². The molecule has 34 heavy (non-hydrogen) atoms. The van der Waals surface area contributed by atoms with Crippen molar-refractivity contribution < 1.29 is 14.3 Å². The average molecular weight is 482 g/mol. The van der Waals surface area contributed by atoms with E-state index in [1.165, 1.54) is 13.2 Å². The number of aromatic amines is 1. The number of H-pyrrole nitrogens is 1. The number of methoxy groups -OCH3 is 1. The number of amides is 2. The summed E-state index contributed by atoms with van der Waals surface area (Å²) in [6, 6.07) is 7.21. The summed E-state index contributed by atoms with van der Waals surface area (Å²) in [4.78, 5) is 43.3. The van der Waals surface area contributed by atoms with Gasteiger partial charge in [-0.2, -0.15) is 16.9 Å². The number of rotatable bonds is 3. The maximum absolute atomic E-state index is 13.5. The summed E-state index contributed by atoms with van der Waals surface area (Å²) in [6.07, 6.45) is 0.378. The zero-order chi connectivity index (χ0) is 23.8. The molecule has 0 unspecified atom stereocenters. The van der Waals surface area contributed by atoms with Crippen LogP contribution in [0.15, 0.2) is 29.1 Å². The molecule has 2 amide bonds. The van der Waals surface area contributed by atoms with Gasteiger partial charge in [0.15, 0.2) is 5.69 Å². The van der Waals surface area contributed by atoms with E-state index in [2.05, 4.69) is 10.2 Å². The number of thioether (sulfide) groups is 1. The number of nitrogens with zero attached hydrogens (tertiary/aromatic N) is 4. The molecule has 2 aliphatic heterocycles. The number of aromatic nitrogens is 3. The molecule has 9 nitrogen and oxygen atoms in total. The molecule has 2 aliphatic rings. The number of carbonyl (C=O) groups excluding carboxylic acids is 2. The van der Waals surface area contributed by atoms with Crippen molar-refractivity contribution in [3.05, 3.63) is 57.1 Å². The van der Waals surface area contributed by atoms with Crippen LogP contribution in [0.4, 0.5) is 0 Å². The van der Waals surface area contributed by atoms with Crippen LogP contribution < -0.4 is 10.3 Å². The van der Waals surface area contributed by atoms with Crippen LogP contribution in [0.2, 0.25) is 0 Å². The minimum absolute atomic E-state index is 0.116. The fraction of sp³-hybridized carbons (Fsp3) is 0.417. The van der Waals surface area contributed by atoms with Gasteiger partial charge in [0.1, 0.15) is 11.3 Å². The lowest BCUT2D eigenvalue weighted by molar-refractivity contribution is 0.0753. The summed E-state index contributed by atoms with van der Waals surface area (Å²) in [6.45, 7) is 4.35. The van der Waals surface area contributed by atoms with Gasteiger partial charge in [-0.3, -0.25) is 19.5 Å². The van der Waals surface area contributed by atoms with E-state index in [-0.39, 0.29) is 17.4 Å². The van der Waals surface area contributed by atoms with Gasteiger partial charge in [0.05, 0.1) is 12.6 Å². The van der Waals surface area contributed by atoms with Crippen LogP contribution in [0.5, 0.6) is 5.75 Å². The van der Waals surface area contributed by atoms with Gasteiger partial charge in [-0.05, 0) is 19.1 Å². The summed E-state index contributed by atoms with van der Waals surface area (Å²) in [5.41, 5.74) is 3.06. The zero-order valence-corrected chi connectivity index (χ0v) is 20.1.